The summed E-state index contributed by atoms with van der Waals surface area (Å²) in [7, 11) is 1.31. The number of methoxy groups -OCH3 is 1. The molecule has 0 atom stereocenters. The summed E-state index contributed by atoms with van der Waals surface area (Å²) in [6.45, 7) is 0. The second-order valence-electron chi connectivity index (χ2n) is 3.86. The number of rotatable bonds is 4. The van der Waals surface area contributed by atoms with Gasteiger partial charge in [0, 0.05) is 11.8 Å². The fourth-order valence-electron chi connectivity index (χ4n) is 1.60. The van der Waals surface area contributed by atoms with Gasteiger partial charge < -0.3 is 9.72 Å². The molecule has 0 aliphatic carbocycles. The number of esters is 1. The number of hydrogen-bond donors (Lipinski definition) is 2. The molecule has 0 radical (unpaired) electrons. The Hall–Kier alpha value is -2.89. The molecule has 0 spiro atoms. The number of aromatic nitrogens is 1. The first-order chi connectivity index (χ1) is 9.72. The van der Waals surface area contributed by atoms with Crippen LogP contribution in [0.5, 0.6) is 0 Å². The van der Waals surface area contributed by atoms with Gasteiger partial charge in [-0.1, -0.05) is 18.2 Å². The summed E-state index contributed by atoms with van der Waals surface area (Å²) in [5.74, 6) is -0.815. The molecule has 0 aliphatic heterocycles. The number of ether oxygens (including phenoxy) is 1. The van der Waals surface area contributed by atoms with Crippen molar-refractivity contribution in [1.29, 1.82) is 0 Å². The molecule has 2 rings (SSSR count). The molecule has 0 aliphatic rings. The normalized spacial score (nSPS) is 10.4. The lowest BCUT2D eigenvalue weighted by atomic mass is 10.1. The van der Waals surface area contributed by atoms with E-state index in [1.165, 1.54) is 13.3 Å². The van der Waals surface area contributed by atoms with E-state index in [9.17, 15) is 9.59 Å². The number of carbonyl (C=O) groups excluding carboxylic acids is 2. The van der Waals surface area contributed by atoms with E-state index >= 15 is 0 Å². The molecule has 0 saturated heterocycles. The van der Waals surface area contributed by atoms with Crippen molar-refractivity contribution in [3.8, 4) is 0 Å². The van der Waals surface area contributed by atoms with Crippen molar-refractivity contribution in [3.05, 3.63) is 59.4 Å². The smallest absolute Gasteiger partial charge is 0.338 e. The minimum Gasteiger partial charge on any atom is -0.465 e. The number of hydrogen-bond acceptors (Lipinski definition) is 4. The molecule has 0 fully saturated rings. The minimum absolute atomic E-state index is 0.359. The molecular formula is C14H13N3O3. The summed E-state index contributed by atoms with van der Waals surface area (Å²) in [5.41, 5.74) is 3.71. The second-order valence-corrected chi connectivity index (χ2v) is 3.86. The summed E-state index contributed by atoms with van der Waals surface area (Å²) in [5, 5.41) is 3.82. The Bertz CT molecular complexity index is 633. The summed E-state index contributed by atoms with van der Waals surface area (Å²) >= 11 is 0. The number of nitrogens with one attached hydrogen (secondary N) is 2. The topological polar surface area (TPSA) is 83.5 Å². The molecule has 0 bridgehead atoms. The highest BCUT2D eigenvalue weighted by Crippen LogP contribution is 2.07. The van der Waals surface area contributed by atoms with Crippen molar-refractivity contribution in [2.75, 3.05) is 7.11 Å². The van der Waals surface area contributed by atoms with Crippen molar-refractivity contribution in [3.63, 3.8) is 0 Å². The van der Waals surface area contributed by atoms with Crippen LogP contribution < -0.4 is 5.43 Å². The van der Waals surface area contributed by atoms with E-state index in [-0.39, 0.29) is 5.91 Å². The van der Waals surface area contributed by atoms with Crippen molar-refractivity contribution in [2.24, 2.45) is 5.10 Å². The van der Waals surface area contributed by atoms with Gasteiger partial charge in [-0.2, -0.15) is 5.10 Å². The van der Waals surface area contributed by atoms with Crippen molar-refractivity contribution in [2.45, 2.75) is 0 Å². The zero-order valence-electron chi connectivity index (χ0n) is 10.8. The monoisotopic (exact) mass is 271 g/mol. The summed E-state index contributed by atoms with van der Waals surface area (Å²) in [6, 6.07) is 10.2. The van der Waals surface area contributed by atoms with E-state index in [0.29, 0.717) is 16.8 Å². The van der Waals surface area contributed by atoms with Crippen LogP contribution in [0, 0.1) is 0 Å². The molecular weight excluding hydrogens is 258 g/mol. The zero-order chi connectivity index (χ0) is 14.4. The first-order valence-corrected chi connectivity index (χ1v) is 5.86. The van der Waals surface area contributed by atoms with Crippen molar-refractivity contribution < 1.29 is 14.3 Å². The Labute approximate surface area is 115 Å². The summed E-state index contributed by atoms with van der Waals surface area (Å²) in [4.78, 5) is 25.9. The van der Waals surface area contributed by atoms with E-state index in [4.69, 9.17) is 0 Å². The number of aromatic amines is 1. The maximum absolute atomic E-state index is 11.6. The first kappa shape index (κ1) is 13.5. The van der Waals surface area contributed by atoms with Crippen LogP contribution in [0.4, 0.5) is 0 Å². The van der Waals surface area contributed by atoms with Gasteiger partial charge in [-0.05, 0) is 18.2 Å². The van der Waals surface area contributed by atoms with Crippen LogP contribution in [0.3, 0.4) is 0 Å². The number of amides is 1. The number of nitrogens with zero attached hydrogens (tertiary/aromatic N) is 1. The van der Waals surface area contributed by atoms with Gasteiger partial charge in [-0.15, -0.1) is 0 Å². The van der Waals surface area contributed by atoms with Gasteiger partial charge in [0.25, 0.3) is 5.91 Å². The third-order valence-electron chi connectivity index (χ3n) is 2.58. The second kappa shape index (κ2) is 6.33. The van der Waals surface area contributed by atoms with Crippen molar-refractivity contribution >= 4 is 18.1 Å². The van der Waals surface area contributed by atoms with Crippen LogP contribution in [0.1, 0.15) is 26.4 Å². The molecule has 20 heavy (non-hydrogen) atoms. The molecule has 1 aromatic heterocycles. The highest BCUT2D eigenvalue weighted by molar-refractivity contribution is 6.00. The van der Waals surface area contributed by atoms with Gasteiger partial charge >= 0.3 is 5.97 Å². The lowest BCUT2D eigenvalue weighted by molar-refractivity contribution is 0.0600. The molecule has 2 aromatic rings. The predicted molar refractivity (Wildman–Crippen MR) is 73.6 cm³/mol. The molecule has 0 unspecified atom stereocenters. The Balaban J connectivity index is 2.08. The number of benzene rings is 1. The standard InChI is InChI=1S/C14H13N3O3/c1-20-14(19)11-6-3-2-5-10(11)9-16-17-13(18)12-7-4-8-15-12/h2-9,15H,1H3,(H,17,18)/b16-9-. The number of carbonyl (C=O) groups is 2. The molecule has 6 heteroatoms. The SMILES string of the molecule is COC(=O)c1ccccc1/C=N\NC(=O)c1ccc[nH]1. The van der Waals surface area contributed by atoms with Gasteiger partial charge in [-0.25, -0.2) is 10.2 Å². The van der Waals surface area contributed by atoms with Gasteiger partial charge in [-0.3, -0.25) is 4.79 Å². The fourth-order valence-corrected chi connectivity index (χ4v) is 1.60. The summed E-state index contributed by atoms with van der Waals surface area (Å²) in [6.07, 6.45) is 3.04. The van der Waals surface area contributed by atoms with Crippen LogP contribution >= 0.6 is 0 Å². The molecule has 0 saturated carbocycles. The average Bonchev–Trinajstić information content (AvgIpc) is 3.01. The molecule has 1 aromatic carbocycles. The maximum Gasteiger partial charge on any atom is 0.338 e. The fraction of sp³-hybridized carbons (Fsp3) is 0.0714. The third kappa shape index (κ3) is 3.11. The molecule has 102 valence electrons. The van der Waals surface area contributed by atoms with Gasteiger partial charge in [0.05, 0.1) is 18.9 Å². The lowest BCUT2D eigenvalue weighted by Gasteiger charge is -2.02. The highest BCUT2D eigenvalue weighted by atomic mass is 16.5. The molecule has 6 nitrogen and oxygen atoms in total. The van der Waals surface area contributed by atoms with E-state index in [1.807, 2.05) is 0 Å². The first-order valence-electron chi connectivity index (χ1n) is 5.86. The van der Waals surface area contributed by atoms with Crippen LogP contribution in [0.15, 0.2) is 47.7 Å². The van der Waals surface area contributed by atoms with E-state index < -0.39 is 5.97 Å². The third-order valence-corrected chi connectivity index (χ3v) is 2.58. The van der Waals surface area contributed by atoms with Gasteiger partial charge in [0.2, 0.25) is 0 Å². The van der Waals surface area contributed by atoms with E-state index in [1.54, 1.807) is 42.6 Å². The van der Waals surface area contributed by atoms with E-state index in [0.717, 1.165) is 0 Å². The van der Waals surface area contributed by atoms with E-state index in [2.05, 4.69) is 20.2 Å². The molecule has 1 amide bonds. The quantitative estimate of drug-likeness (QED) is 0.503. The van der Waals surface area contributed by atoms with Crippen molar-refractivity contribution in [1.82, 2.24) is 10.4 Å². The van der Waals surface area contributed by atoms with Crippen LogP contribution in [-0.2, 0) is 4.74 Å². The minimum atomic E-state index is -0.456. The zero-order valence-corrected chi connectivity index (χ0v) is 10.8. The largest absolute Gasteiger partial charge is 0.465 e. The summed E-state index contributed by atoms with van der Waals surface area (Å²) < 4.78 is 4.67. The Kier molecular flexibility index (Phi) is 4.28. The number of hydrazone groups is 1. The Morgan fingerprint density at radius 2 is 2.05 bits per heavy atom. The highest BCUT2D eigenvalue weighted by Gasteiger charge is 2.09. The molecule has 2 N–H and O–H groups in total. The lowest BCUT2D eigenvalue weighted by Crippen LogP contribution is -2.18. The maximum atomic E-state index is 11.6. The Morgan fingerprint density at radius 1 is 1.25 bits per heavy atom. The van der Waals surface area contributed by atoms with Crippen LogP contribution in [0.25, 0.3) is 0 Å². The van der Waals surface area contributed by atoms with Crippen LogP contribution in [0.2, 0.25) is 0 Å². The van der Waals surface area contributed by atoms with Crippen LogP contribution in [-0.4, -0.2) is 30.2 Å². The predicted octanol–water partition coefficient (Wildman–Crippen LogP) is 1.57. The van der Waals surface area contributed by atoms with Gasteiger partial charge in [0.1, 0.15) is 5.69 Å². The Morgan fingerprint density at radius 3 is 2.75 bits per heavy atom. The molecule has 1 heterocycles. The van der Waals surface area contributed by atoms with Gasteiger partial charge in [0.15, 0.2) is 0 Å². The average molecular weight is 271 g/mol. The number of H-pyrrole nitrogens is 1.